The third kappa shape index (κ3) is 12.0. The molecule has 0 aromatic carbocycles. The summed E-state index contributed by atoms with van der Waals surface area (Å²) in [6.07, 6.45) is 19.7. The van der Waals surface area contributed by atoms with E-state index in [4.69, 9.17) is 0 Å². The SMILES string of the molecule is CCCCCCCCC(C)C([O])(CCC)CCCCCCCC. The summed E-state index contributed by atoms with van der Waals surface area (Å²) >= 11 is 0. The van der Waals surface area contributed by atoms with Crippen LogP contribution in [0.3, 0.4) is 0 Å². The van der Waals surface area contributed by atoms with Gasteiger partial charge >= 0.3 is 0 Å². The molecule has 1 radical (unpaired) electrons. The van der Waals surface area contributed by atoms with Crippen LogP contribution in [0.5, 0.6) is 0 Å². The van der Waals surface area contributed by atoms with E-state index in [0.717, 1.165) is 32.1 Å². The molecule has 0 saturated heterocycles. The van der Waals surface area contributed by atoms with Crippen LogP contribution in [0.2, 0.25) is 0 Å². The molecule has 0 aliphatic heterocycles. The quantitative estimate of drug-likeness (QED) is 0.241. The zero-order valence-electron chi connectivity index (χ0n) is 16.8. The molecule has 1 nitrogen and oxygen atoms in total. The third-order valence-corrected chi connectivity index (χ3v) is 5.52. The molecule has 139 valence electrons. The van der Waals surface area contributed by atoms with Gasteiger partial charge in [-0.25, -0.2) is 5.11 Å². The molecule has 1 heteroatoms. The Morgan fingerprint density at radius 1 is 0.609 bits per heavy atom. The monoisotopic (exact) mass is 325 g/mol. The van der Waals surface area contributed by atoms with Crippen LogP contribution in [-0.4, -0.2) is 5.60 Å². The molecular weight excluding hydrogens is 280 g/mol. The second-order valence-corrected chi connectivity index (χ2v) is 7.79. The van der Waals surface area contributed by atoms with Crippen LogP contribution in [0.25, 0.3) is 0 Å². The smallest absolute Gasteiger partial charge is 0.106 e. The van der Waals surface area contributed by atoms with Crippen molar-refractivity contribution >= 4 is 0 Å². The van der Waals surface area contributed by atoms with Crippen molar-refractivity contribution in [1.29, 1.82) is 0 Å². The molecular formula is C22H45O. The van der Waals surface area contributed by atoms with E-state index in [1.165, 1.54) is 70.6 Å². The fraction of sp³-hybridized carbons (Fsp3) is 1.00. The van der Waals surface area contributed by atoms with Crippen molar-refractivity contribution < 1.29 is 5.11 Å². The molecule has 0 rings (SSSR count). The summed E-state index contributed by atoms with van der Waals surface area (Å²) in [5, 5.41) is 13.3. The van der Waals surface area contributed by atoms with Crippen LogP contribution in [0.15, 0.2) is 0 Å². The first-order chi connectivity index (χ1) is 11.1. The molecule has 0 heterocycles. The molecule has 2 unspecified atom stereocenters. The average Bonchev–Trinajstić information content (AvgIpc) is 2.54. The first-order valence-electron chi connectivity index (χ1n) is 10.8. The van der Waals surface area contributed by atoms with E-state index in [0.29, 0.717) is 5.92 Å². The van der Waals surface area contributed by atoms with Gasteiger partial charge in [-0.1, -0.05) is 111 Å². The van der Waals surface area contributed by atoms with Crippen molar-refractivity contribution in [2.45, 2.75) is 136 Å². The summed E-state index contributed by atoms with van der Waals surface area (Å²) < 4.78 is 0. The van der Waals surface area contributed by atoms with Crippen LogP contribution in [-0.2, 0) is 5.11 Å². The van der Waals surface area contributed by atoms with E-state index >= 15 is 0 Å². The lowest BCUT2D eigenvalue weighted by Crippen LogP contribution is -2.35. The average molecular weight is 326 g/mol. The highest BCUT2D eigenvalue weighted by Gasteiger charge is 2.33. The fourth-order valence-electron chi connectivity index (χ4n) is 3.74. The largest absolute Gasteiger partial charge is 0.229 e. The maximum absolute atomic E-state index is 13.3. The van der Waals surface area contributed by atoms with Crippen molar-refractivity contribution in [2.24, 2.45) is 5.92 Å². The topological polar surface area (TPSA) is 19.9 Å². The van der Waals surface area contributed by atoms with Crippen LogP contribution in [0.1, 0.15) is 130 Å². The molecule has 0 aliphatic rings. The number of hydrogen-bond acceptors (Lipinski definition) is 0. The van der Waals surface area contributed by atoms with Crippen molar-refractivity contribution in [3.8, 4) is 0 Å². The summed E-state index contributed by atoms with van der Waals surface area (Å²) in [4.78, 5) is 0. The van der Waals surface area contributed by atoms with Crippen molar-refractivity contribution in [3.05, 3.63) is 0 Å². The molecule has 0 saturated carbocycles. The van der Waals surface area contributed by atoms with Crippen LogP contribution in [0, 0.1) is 5.92 Å². The predicted octanol–water partition coefficient (Wildman–Crippen LogP) is 8.09. The van der Waals surface area contributed by atoms with Gasteiger partial charge in [0.1, 0.15) is 5.60 Å². The standard InChI is InChI=1S/C22H45O/c1-5-8-10-12-14-16-18-21(4)22(23,19-7-3)20-17-15-13-11-9-6-2/h21H,5-20H2,1-4H3. The molecule has 23 heavy (non-hydrogen) atoms. The minimum absolute atomic E-state index is 0.351. The highest BCUT2D eigenvalue weighted by atomic mass is 16.3. The summed E-state index contributed by atoms with van der Waals surface area (Å²) in [5.41, 5.74) is -0.650. The van der Waals surface area contributed by atoms with E-state index < -0.39 is 5.60 Å². The highest BCUT2D eigenvalue weighted by molar-refractivity contribution is 4.83. The maximum atomic E-state index is 13.3. The molecule has 0 aromatic heterocycles. The molecule has 0 amide bonds. The Hall–Kier alpha value is -0.0400. The van der Waals surface area contributed by atoms with Gasteiger partial charge in [-0.15, -0.1) is 0 Å². The summed E-state index contributed by atoms with van der Waals surface area (Å²) in [5.74, 6) is 0.351. The van der Waals surface area contributed by atoms with E-state index in [2.05, 4.69) is 27.7 Å². The Balaban J connectivity index is 3.97. The Morgan fingerprint density at radius 2 is 1.09 bits per heavy atom. The number of hydrogen-bond donors (Lipinski definition) is 0. The van der Waals surface area contributed by atoms with Gasteiger partial charge in [0.05, 0.1) is 0 Å². The van der Waals surface area contributed by atoms with Gasteiger partial charge in [0, 0.05) is 0 Å². The summed E-state index contributed by atoms with van der Waals surface area (Å²) in [7, 11) is 0. The Morgan fingerprint density at radius 3 is 1.61 bits per heavy atom. The molecule has 2 atom stereocenters. The second kappa shape index (κ2) is 15.5. The van der Waals surface area contributed by atoms with Crippen molar-refractivity contribution in [1.82, 2.24) is 0 Å². The summed E-state index contributed by atoms with van der Waals surface area (Å²) in [6.45, 7) is 8.92. The van der Waals surface area contributed by atoms with Gasteiger partial charge in [-0.3, -0.25) is 0 Å². The van der Waals surface area contributed by atoms with Crippen LogP contribution >= 0.6 is 0 Å². The van der Waals surface area contributed by atoms with Crippen molar-refractivity contribution in [2.75, 3.05) is 0 Å². The fourth-order valence-corrected chi connectivity index (χ4v) is 3.74. The van der Waals surface area contributed by atoms with Crippen LogP contribution < -0.4 is 0 Å². The van der Waals surface area contributed by atoms with E-state index in [1.807, 2.05) is 0 Å². The lowest BCUT2D eigenvalue weighted by molar-refractivity contribution is -0.0903. The minimum Gasteiger partial charge on any atom is -0.229 e. The van der Waals surface area contributed by atoms with Gasteiger partial charge in [0.2, 0.25) is 0 Å². The Labute approximate surface area is 147 Å². The Bertz CT molecular complexity index is 238. The van der Waals surface area contributed by atoms with Gasteiger partial charge in [0.25, 0.3) is 0 Å². The van der Waals surface area contributed by atoms with E-state index in [9.17, 15) is 5.11 Å². The third-order valence-electron chi connectivity index (χ3n) is 5.52. The van der Waals surface area contributed by atoms with Gasteiger partial charge in [0.15, 0.2) is 0 Å². The molecule has 0 spiro atoms. The first-order valence-corrected chi connectivity index (χ1v) is 10.8. The number of rotatable bonds is 17. The zero-order chi connectivity index (χ0) is 17.4. The van der Waals surface area contributed by atoms with Gasteiger partial charge in [-0.2, -0.15) is 0 Å². The molecule has 0 bridgehead atoms. The normalized spacial score (nSPS) is 15.5. The first kappa shape index (κ1) is 23.0. The van der Waals surface area contributed by atoms with Crippen molar-refractivity contribution in [3.63, 3.8) is 0 Å². The van der Waals surface area contributed by atoms with Gasteiger partial charge < -0.3 is 0 Å². The van der Waals surface area contributed by atoms with Crippen LogP contribution in [0.4, 0.5) is 0 Å². The minimum atomic E-state index is -0.650. The second-order valence-electron chi connectivity index (χ2n) is 7.79. The molecule has 0 aliphatic carbocycles. The van der Waals surface area contributed by atoms with E-state index in [-0.39, 0.29) is 0 Å². The molecule has 0 fully saturated rings. The van der Waals surface area contributed by atoms with E-state index in [1.54, 1.807) is 0 Å². The zero-order valence-corrected chi connectivity index (χ0v) is 16.8. The Kier molecular flexibility index (Phi) is 15.5. The predicted molar refractivity (Wildman–Crippen MR) is 103 cm³/mol. The summed E-state index contributed by atoms with van der Waals surface area (Å²) in [6, 6.07) is 0. The maximum Gasteiger partial charge on any atom is 0.106 e. The number of unbranched alkanes of at least 4 members (excludes halogenated alkanes) is 10. The highest BCUT2D eigenvalue weighted by Crippen LogP contribution is 2.33. The molecule has 0 N–H and O–H groups in total. The lowest BCUT2D eigenvalue weighted by Gasteiger charge is -2.32. The van der Waals surface area contributed by atoms with Gasteiger partial charge in [-0.05, 0) is 25.2 Å². The lowest BCUT2D eigenvalue weighted by atomic mass is 9.78. The molecule has 0 aromatic rings.